The number of ether oxygens (including phenoxy) is 2. The Morgan fingerprint density at radius 1 is 0.865 bits per heavy atom. The van der Waals surface area contributed by atoms with Crippen LogP contribution in [-0.2, 0) is 37.3 Å². The van der Waals surface area contributed by atoms with Gasteiger partial charge in [-0.15, -0.1) is 0 Å². The number of benzene rings is 3. The van der Waals surface area contributed by atoms with E-state index >= 15 is 0 Å². The van der Waals surface area contributed by atoms with Crippen LogP contribution in [0.4, 0.5) is 0 Å². The molecule has 1 N–H and O–H groups in total. The fraction of sp³-hybridized carbons (Fsp3) is 0.300. The minimum absolute atomic E-state index is 0.0443. The molecule has 0 atom stereocenters. The minimum Gasteiger partial charge on any atom is -0.396 e. The Morgan fingerprint density at radius 2 is 1.41 bits per heavy atom. The van der Waals surface area contributed by atoms with Gasteiger partial charge < -0.3 is 14.6 Å². The van der Waals surface area contributed by atoms with E-state index in [1.54, 1.807) is 24.3 Å². The quantitative estimate of drug-likeness (QED) is 0.264. The van der Waals surface area contributed by atoms with E-state index in [-0.39, 0.29) is 49.8 Å². The van der Waals surface area contributed by atoms with Crippen molar-refractivity contribution in [1.29, 1.82) is 0 Å². The molecule has 0 aliphatic heterocycles. The molecule has 0 fully saturated rings. The second-order valence-corrected chi connectivity index (χ2v) is 10.8. The van der Waals surface area contributed by atoms with Crippen molar-refractivity contribution in [3.05, 3.63) is 113 Å². The zero-order valence-electron chi connectivity index (χ0n) is 21.1. The molecule has 0 saturated carbocycles. The summed E-state index contributed by atoms with van der Waals surface area (Å²) in [6.07, 6.45) is 1.96. The van der Waals surface area contributed by atoms with Gasteiger partial charge in [-0.2, -0.15) is 0 Å². The molecule has 0 heterocycles. The third-order valence-electron chi connectivity index (χ3n) is 5.82. The van der Waals surface area contributed by atoms with Gasteiger partial charge in [0.15, 0.2) is 15.6 Å². The first-order valence-corrected chi connectivity index (χ1v) is 13.8. The van der Waals surface area contributed by atoms with Gasteiger partial charge in [-0.3, -0.25) is 4.79 Å². The topological polar surface area (TPSA) is 89.9 Å². The van der Waals surface area contributed by atoms with Gasteiger partial charge in [0, 0.05) is 24.9 Å². The number of hydrogen-bond acceptors (Lipinski definition) is 6. The highest BCUT2D eigenvalue weighted by Gasteiger charge is 2.34. The van der Waals surface area contributed by atoms with Crippen LogP contribution < -0.4 is 0 Å². The van der Waals surface area contributed by atoms with Crippen molar-refractivity contribution in [3.63, 3.8) is 0 Å². The highest BCUT2D eigenvalue weighted by molar-refractivity contribution is 7.94. The maximum absolute atomic E-state index is 12.9. The monoisotopic (exact) mass is 522 g/mol. The average Bonchev–Trinajstić information content (AvgIpc) is 2.91. The molecule has 196 valence electrons. The van der Waals surface area contributed by atoms with E-state index in [0.29, 0.717) is 6.42 Å². The Morgan fingerprint density at radius 3 is 1.92 bits per heavy atom. The smallest absolute Gasteiger partial charge is 0.199 e. The fourth-order valence-corrected chi connectivity index (χ4v) is 4.76. The molecule has 3 rings (SSSR count). The van der Waals surface area contributed by atoms with E-state index in [2.05, 4.69) is 0 Å². The molecule has 0 aliphatic rings. The van der Waals surface area contributed by atoms with E-state index in [1.165, 1.54) is 6.08 Å². The summed E-state index contributed by atoms with van der Waals surface area (Å²) in [5, 5.41) is 10.3. The van der Waals surface area contributed by atoms with Gasteiger partial charge in [0.2, 0.25) is 0 Å². The van der Waals surface area contributed by atoms with Gasteiger partial charge in [0.1, 0.15) is 5.78 Å². The maximum atomic E-state index is 12.9. The maximum Gasteiger partial charge on any atom is 0.199 e. The number of carbonyl (C=O) groups excluding carboxylic acids is 1. The van der Waals surface area contributed by atoms with E-state index in [1.807, 2.05) is 67.6 Å². The molecule has 3 aromatic carbocycles. The average molecular weight is 523 g/mol. The molecule has 0 radical (unpaired) electrons. The van der Waals surface area contributed by atoms with Crippen molar-refractivity contribution < 1.29 is 27.8 Å². The lowest BCUT2D eigenvalue weighted by molar-refractivity contribution is -0.249. The number of aliphatic hydroxyl groups is 1. The molecule has 0 aliphatic carbocycles. The molecule has 0 spiro atoms. The number of sulfone groups is 1. The Bertz CT molecular complexity index is 1190. The molecule has 6 nitrogen and oxygen atoms in total. The summed E-state index contributed by atoms with van der Waals surface area (Å²) in [5.74, 6) is -1.53. The Balaban J connectivity index is 1.88. The summed E-state index contributed by atoms with van der Waals surface area (Å²) in [7, 11) is -3.69. The van der Waals surface area contributed by atoms with E-state index in [9.17, 15) is 18.3 Å². The second-order valence-electron chi connectivity index (χ2n) is 8.94. The van der Waals surface area contributed by atoms with Crippen molar-refractivity contribution in [2.75, 3.05) is 6.61 Å². The summed E-state index contributed by atoms with van der Waals surface area (Å²) in [5.41, 5.74) is 2.76. The Kier molecular flexibility index (Phi) is 10.8. The first-order chi connectivity index (χ1) is 17.8. The standard InChI is InChI=1S/C30H34O6S/c1-25-15-17-29(18-16-25)37(33,34)21-9-19-30(22-28(32)14-8-20-31,35-23-26-10-4-2-5-11-26)36-24-27-12-6-3-7-13-27/h2-7,9-13,15-18,21,31H,8,14,19-20,22-24H2,1H3/b21-9+. The van der Waals surface area contributed by atoms with Gasteiger partial charge >= 0.3 is 0 Å². The predicted molar refractivity (Wildman–Crippen MR) is 143 cm³/mol. The first-order valence-electron chi connectivity index (χ1n) is 12.3. The molecule has 7 heteroatoms. The number of rotatable bonds is 15. The lowest BCUT2D eigenvalue weighted by Crippen LogP contribution is -2.38. The van der Waals surface area contributed by atoms with E-state index in [4.69, 9.17) is 9.47 Å². The number of Topliss-reactive ketones (excluding diaryl/α,β-unsaturated/α-hetero) is 1. The Hall–Kier alpha value is -3.10. The largest absolute Gasteiger partial charge is 0.396 e. The SMILES string of the molecule is Cc1ccc(S(=O)(=O)/C=C/CC(CC(=O)CCCO)(OCc2ccccc2)OCc2ccccc2)cc1. The lowest BCUT2D eigenvalue weighted by Gasteiger charge is -2.33. The normalized spacial score (nSPS) is 12.2. The number of aliphatic hydroxyl groups excluding tert-OH is 1. The van der Waals surface area contributed by atoms with Crippen molar-refractivity contribution in [3.8, 4) is 0 Å². The number of carbonyl (C=O) groups is 1. The molecule has 0 bridgehead atoms. The summed E-state index contributed by atoms with van der Waals surface area (Å²) in [4.78, 5) is 13.0. The second kappa shape index (κ2) is 14.0. The van der Waals surface area contributed by atoms with E-state index < -0.39 is 15.6 Å². The highest BCUT2D eigenvalue weighted by Crippen LogP contribution is 2.29. The third-order valence-corrected chi connectivity index (χ3v) is 7.30. The van der Waals surface area contributed by atoms with Crippen LogP contribution in [0.1, 0.15) is 42.4 Å². The van der Waals surface area contributed by atoms with Crippen LogP contribution in [0, 0.1) is 6.92 Å². The summed E-state index contributed by atoms with van der Waals surface area (Å²) >= 11 is 0. The molecular weight excluding hydrogens is 488 g/mol. The minimum atomic E-state index is -3.69. The van der Waals surface area contributed by atoms with Crippen LogP contribution in [0.3, 0.4) is 0 Å². The van der Waals surface area contributed by atoms with Crippen molar-refractivity contribution >= 4 is 15.6 Å². The van der Waals surface area contributed by atoms with Crippen LogP contribution in [0.5, 0.6) is 0 Å². The summed E-state index contributed by atoms with van der Waals surface area (Å²) in [6.45, 7) is 2.16. The third kappa shape index (κ3) is 9.37. The van der Waals surface area contributed by atoms with Gasteiger partial charge in [0.05, 0.1) is 24.5 Å². The van der Waals surface area contributed by atoms with Crippen molar-refractivity contribution in [1.82, 2.24) is 0 Å². The molecule has 0 unspecified atom stereocenters. The van der Waals surface area contributed by atoms with Gasteiger partial charge in [-0.05, 0) is 36.6 Å². The van der Waals surface area contributed by atoms with Gasteiger partial charge in [-0.25, -0.2) is 8.42 Å². The fourth-order valence-electron chi connectivity index (χ4n) is 3.74. The molecular formula is C30H34O6S. The molecule has 0 aromatic heterocycles. The summed E-state index contributed by atoms with van der Waals surface area (Å²) < 4.78 is 38.3. The molecule has 3 aromatic rings. The molecule has 0 saturated heterocycles. The van der Waals surface area contributed by atoms with Crippen LogP contribution in [0.2, 0.25) is 0 Å². The number of aryl methyl sites for hydroxylation is 1. The van der Waals surface area contributed by atoms with Crippen LogP contribution in [0.15, 0.2) is 101 Å². The van der Waals surface area contributed by atoms with Crippen LogP contribution >= 0.6 is 0 Å². The zero-order valence-corrected chi connectivity index (χ0v) is 21.9. The summed E-state index contributed by atoms with van der Waals surface area (Å²) in [6, 6.07) is 25.7. The highest BCUT2D eigenvalue weighted by atomic mass is 32.2. The molecule has 37 heavy (non-hydrogen) atoms. The number of ketones is 1. The Labute approximate surface area is 219 Å². The van der Waals surface area contributed by atoms with Gasteiger partial charge in [0.25, 0.3) is 0 Å². The zero-order chi connectivity index (χ0) is 26.6. The van der Waals surface area contributed by atoms with Crippen molar-refractivity contribution in [2.24, 2.45) is 0 Å². The van der Waals surface area contributed by atoms with E-state index in [0.717, 1.165) is 22.1 Å². The molecule has 0 amide bonds. The van der Waals surface area contributed by atoms with Crippen LogP contribution in [-0.4, -0.2) is 31.7 Å². The van der Waals surface area contributed by atoms with Crippen LogP contribution in [0.25, 0.3) is 0 Å². The first kappa shape index (κ1) is 28.5. The predicted octanol–water partition coefficient (Wildman–Crippen LogP) is 5.53. The number of hydrogen-bond donors (Lipinski definition) is 1. The van der Waals surface area contributed by atoms with Gasteiger partial charge in [-0.1, -0.05) is 84.4 Å². The lowest BCUT2D eigenvalue weighted by atomic mass is 10.0. The van der Waals surface area contributed by atoms with Crippen molar-refractivity contribution in [2.45, 2.75) is 56.5 Å².